The number of hydrogen-bond donors (Lipinski definition) is 0. The summed E-state index contributed by atoms with van der Waals surface area (Å²) in [5.41, 5.74) is 0.803. The predicted molar refractivity (Wildman–Crippen MR) is 91.0 cm³/mol. The lowest BCUT2D eigenvalue weighted by atomic mass is 10.1. The van der Waals surface area contributed by atoms with Crippen LogP contribution in [0.1, 0.15) is 5.56 Å². The molecule has 0 aliphatic carbocycles. The van der Waals surface area contributed by atoms with Crippen LogP contribution in [0.4, 0.5) is 5.82 Å². The molecule has 0 bridgehead atoms. The van der Waals surface area contributed by atoms with Crippen LogP contribution in [0.5, 0.6) is 0 Å². The summed E-state index contributed by atoms with van der Waals surface area (Å²) in [4.78, 5) is 24.8. The maximum atomic E-state index is 12.4. The third-order valence-electron chi connectivity index (χ3n) is 3.86. The molecule has 3 rings (SSSR count). The van der Waals surface area contributed by atoms with Crippen molar-refractivity contribution in [3.05, 3.63) is 52.4 Å². The van der Waals surface area contributed by atoms with Crippen LogP contribution in [-0.2, 0) is 11.2 Å². The lowest BCUT2D eigenvalue weighted by Gasteiger charge is -2.35. The second-order valence-electron chi connectivity index (χ2n) is 5.34. The summed E-state index contributed by atoms with van der Waals surface area (Å²) >= 11 is 12.0. The summed E-state index contributed by atoms with van der Waals surface area (Å²) in [6, 6.07) is 5.22. The summed E-state index contributed by atoms with van der Waals surface area (Å²) < 4.78 is 0. The van der Waals surface area contributed by atoms with Crippen molar-refractivity contribution in [1.82, 2.24) is 14.9 Å². The van der Waals surface area contributed by atoms with Gasteiger partial charge in [0.05, 0.1) is 12.6 Å². The predicted octanol–water partition coefficient (Wildman–Crippen LogP) is 2.67. The van der Waals surface area contributed by atoms with Crippen molar-refractivity contribution in [2.75, 3.05) is 31.1 Å². The lowest BCUT2D eigenvalue weighted by Crippen LogP contribution is -2.49. The zero-order valence-electron chi connectivity index (χ0n) is 12.5. The second-order valence-corrected chi connectivity index (χ2v) is 6.19. The highest BCUT2D eigenvalue weighted by atomic mass is 35.5. The summed E-state index contributed by atoms with van der Waals surface area (Å²) in [6.07, 6.45) is 5.36. The van der Waals surface area contributed by atoms with Gasteiger partial charge in [-0.15, -0.1) is 0 Å². The van der Waals surface area contributed by atoms with Crippen molar-refractivity contribution >= 4 is 34.9 Å². The molecule has 120 valence electrons. The topological polar surface area (TPSA) is 49.3 Å². The van der Waals surface area contributed by atoms with Gasteiger partial charge in [-0.25, -0.2) is 4.98 Å². The molecule has 1 fully saturated rings. The third kappa shape index (κ3) is 3.92. The van der Waals surface area contributed by atoms with Gasteiger partial charge >= 0.3 is 0 Å². The molecule has 1 amide bonds. The van der Waals surface area contributed by atoms with E-state index in [4.69, 9.17) is 23.2 Å². The molecule has 1 aromatic heterocycles. The van der Waals surface area contributed by atoms with E-state index < -0.39 is 0 Å². The van der Waals surface area contributed by atoms with Crippen molar-refractivity contribution in [3.8, 4) is 0 Å². The van der Waals surface area contributed by atoms with E-state index in [9.17, 15) is 4.79 Å². The Labute approximate surface area is 144 Å². The van der Waals surface area contributed by atoms with E-state index in [-0.39, 0.29) is 5.91 Å². The van der Waals surface area contributed by atoms with Gasteiger partial charge in [0.1, 0.15) is 5.82 Å². The number of benzene rings is 1. The van der Waals surface area contributed by atoms with Crippen molar-refractivity contribution in [2.24, 2.45) is 0 Å². The monoisotopic (exact) mass is 350 g/mol. The Morgan fingerprint density at radius 2 is 1.91 bits per heavy atom. The molecule has 0 radical (unpaired) electrons. The molecule has 1 aromatic carbocycles. The number of hydrogen-bond acceptors (Lipinski definition) is 4. The minimum absolute atomic E-state index is 0.0769. The van der Waals surface area contributed by atoms with Crippen molar-refractivity contribution in [3.63, 3.8) is 0 Å². The van der Waals surface area contributed by atoms with Gasteiger partial charge in [-0.1, -0.05) is 29.3 Å². The molecule has 1 aliphatic heterocycles. The van der Waals surface area contributed by atoms with Gasteiger partial charge in [-0.3, -0.25) is 9.78 Å². The minimum atomic E-state index is 0.0769. The first-order chi connectivity index (χ1) is 11.1. The van der Waals surface area contributed by atoms with Crippen LogP contribution in [0.15, 0.2) is 36.8 Å². The van der Waals surface area contributed by atoms with Gasteiger partial charge in [-0.05, 0) is 17.7 Å². The number of aromatic nitrogens is 2. The first kappa shape index (κ1) is 16.0. The molecule has 2 aromatic rings. The third-order valence-corrected chi connectivity index (χ3v) is 4.45. The highest BCUT2D eigenvalue weighted by Crippen LogP contribution is 2.22. The maximum Gasteiger partial charge on any atom is 0.227 e. The molecular weight excluding hydrogens is 335 g/mol. The Kier molecular flexibility index (Phi) is 4.98. The molecule has 7 heteroatoms. The number of nitrogens with zero attached hydrogens (tertiary/aromatic N) is 4. The average molecular weight is 351 g/mol. The van der Waals surface area contributed by atoms with Gasteiger partial charge in [0.15, 0.2) is 0 Å². The van der Waals surface area contributed by atoms with Crippen LogP contribution in [0.2, 0.25) is 10.0 Å². The molecule has 0 saturated carbocycles. The molecule has 23 heavy (non-hydrogen) atoms. The molecule has 1 saturated heterocycles. The van der Waals surface area contributed by atoms with Crippen LogP contribution in [0, 0.1) is 0 Å². The van der Waals surface area contributed by atoms with E-state index >= 15 is 0 Å². The Balaban J connectivity index is 1.58. The molecule has 0 atom stereocenters. The molecule has 5 nitrogen and oxygen atoms in total. The number of carbonyl (C=O) groups is 1. The van der Waals surface area contributed by atoms with Gasteiger partial charge < -0.3 is 9.80 Å². The molecular formula is C16H16Cl2N4O. The Hall–Kier alpha value is -1.85. The molecule has 2 heterocycles. The fraction of sp³-hybridized carbons (Fsp3) is 0.312. The number of anilines is 1. The van der Waals surface area contributed by atoms with Gasteiger partial charge in [0.25, 0.3) is 0 Å². The lowest BCUT2D eigenvalue weighted by molar-refractivity contribution is -0.130. The van der Waals surface area contributed by atoms with Gasteiger partial charge in [-0.2, -0.15) is 0 Å². The second kappa shape index (κ2) is 7.15. The minimum Gasteiger partial charge on any atom is -0.352 e. The zero-order chi connectivity index (χ0) is 16.2. The smallest absolute Gasteiger partial charge is 0.227 e. The molecule has 0 unspecified atom stereocenters. The van der Waals surface area contributed by atoms with Crippen molar-refractivity contribution in [1.29, 1.82) is 0 Å². The normalized spacial score (nSPS) is 14.9. The van der Waals surface area contributed by atoms with E-state index in [1.165, 1.54) is 0 Å². The van der Waals surface area contributed by atoms with E-state index in [0.29, 0.717) is 29.6 Å². The van der Waals surface area contributed by atoms with Gasteiger partial charge in [0, 0.05) is 48.6 Å². The van der Waals surface area contributed by atoms with E-state index in [1.807, 2.05) is 4.90 Å². The Bertz CT molecular complexity index is 688. The first-order valence-corrected chi connectivity index (χ1v) is 8.12. The van der Waals surface area contributed by atoms with Crippen molar-refractivity contribution in [2.45, 2.75) is 6.42 Å². The first-order valence-electron chi connectivity index (χ1n) is 7.36. The quantitative estimate of drug-likeness (QED) is 0.853. The number of rotatable bonds is 3. The standard InChI is InChI=1S/C16H16Cl2N4O/c17-13-2-1-12(14(18)10-13)9-16(23)22-7-5-21(6-8-22)15-11-19-3-4-20-15/h1-4,10-11H,5-9H2. The molecule has 0 N–H and O–H groups in total. The van der Waals surface area contributed by atoms with Crippen LogP contribution in [0.3, 0.4) is 0 Å². The highest BCUT2D eigenvalue weighted by molar-refractivity contribution is 6.35. The maximum absolute atomic E-state index is 12.4. The van der Waals surface area contributed by atoms with E-state index in [0.717, 1.165) is 24.5 Å². The summed E-state index contributed by atoms with van der Waals surface area (Å²) in [7, 11) is 0. The molecule has 1 aliphatic rings. The van der Waals surface area contributed by atoms with Crippen LogP contribution in [0.25, 0.3) is 0 Å². The number of amides is 1. The van der Waals surface area contributed by atoms with Crippen LogP contribution in [-0.4, -0.2) is 47.0 Å². The molecule has 0 spiro atoms. The number of piperazine rings is 1. The van der Waals surface area contributed by atoms with Crippen LogP contribution < -0.4 is 4.90 Å². The summed E-state index contributed by atoms with van der Waals surface area (Å²) in [5.74, 6) is 0.924. The fourth-order valence-electron chi connectivity index (χ4n) is 2.58. The fourth-order valence-corrected chi connectivity index (χ4v) is 3.05. The van der Waals surface area contributed by atoms with Crippen LogP contribution >= 0.6 is 23.2 Å². The van der Waals surface area contributed by atoms with Crippen molar-refractivity contribution < 1.29 is 4.79 Å². The van der Waals surface area contributed by atoms with Gasteiger partial charge in [0.2, 0.25) is 5.91 Å². The highest BCUT2D eigenvalue weighted by Gasteiger charge is 2.22. The van der Waals surface area contributed by atoms with E-state index in [2.05, 4.69) is 14.9 Å². The zero-order valence-corrected chi connectivity index (χ0v) is 14.0. The Morgan fingerprint density at radius 3 is 2.57 bits per heavy atom. The number of carbonyl (C=O) groups excluding carboxylic acids is 1. The average Bonchev–Trinajstić information content (AvgIpc) is 2.58. The van der Waals surface area contributed by atoms with E-state index in [1.54, 1.807) is 36.8 Å². The largest absolute Gasteiger partial charge is 0.352 e. The summed E-state index contributed by atoms with van der Waals surface area (Å²) in [6.45, 7) is 2.83. The summed E-state index contributed by atoms with van der Waals surface area (Å²) in [5, 5.41) is 1.10. The Morgan fingerprint density at radius 1 is 1.13 bits per heavy atom. The SMILES string of the molecule is O=C(Cc1ccc(Cl)cc1Cl)N1CCN(c2cnccn2)CC1. The number of halogens is 2.